The van der Waals surface area contributed by atoms with Gasteiger partial charge in [-0.2, -0.15) is 0 Å². The van der Waals surface area contributed by atoms with Crippen molar-refractivity contribution in [1.29, 1.82) is 0 Å². The molecule has 0 bridgehead atoms. The van der Waals surface area contributed by atoms with Gasteiger partial charge >= 0.3 is 11.9 Å². The predicted molar refractivity (Wildman–Crippen MR) is 50.9 cm³/mol. The molecule has 1 rings (SSSR count). The average molecular weight is 398 g/mol. The molecule has 0 aliphatic heterocycles. The molecule has 0 spiro atoms. The molecule has 5 nitrogen and oxygen atoms in total. The molecule has 0 radical (unpaired) electrons. The molecular weight excluding hydrogens is 381 g/mol. The number of carboxylic acid groups (broad SMARTS) is 2. The van der Waals surface area contributed by atoms with Gasteiger partial charge < -0.3 is 15.9 Å². The smallest absolute Gasteiger partial charge is 0.414 e. The molecule has 15 heavy (non-hydrogen) atoms. The second-order valence-corrected chi connectivity index (χ2v) is 3.54. The quantitative estimate of drug-likeness (QED) is 0.521. The van der Waals surface area contributed by atoms with Gasteiger partial charge in [-0.25, -0.2) is 9.59 Å². The van der Waals surface area contributed by atoms with Crippen LogP contribution in [0.4, 0.5) is 0 Å². The zero-order chi connectivity index (χ0) is 11.1. The normalized spacial score (nSPS) is 24.1. The van der Waals surface area contributed by atoms with Gasteiger partial charge in [0.25, 0.3) is 0 Å². The van der Waals surface area contributed by atoms with Crippen LogP contribution in [0.1, 0.15) is 32.6 Å². The first-order chi connectivity index (χ1) is 6.45. The van der Waals surface area contributed by atoms with E-state index in [-0.39, 0.29) is 21.1 Å². The third-order valence-electron chi connectivity index (χ3n) is 2.36. The van der Waals surface area contributed by atoms with Gasteiger partial charge in [-0.3, -0.25) is 0 Å². The van der Waals surface area contributed by atoms with Crippen LogP contribution in [-0.4, -0.2) is 28.2 Å². The number of hydrogen-bond acceptors (Lipinski definition) is 3. The van der Waals surface area contributed by atoms with Crippen molar-refractivity contribution in [1.82, 2.24) is 0 Å². The van der Waals surface area contributed by atoms with Crippen LogP contribution in [0.15, 0.2) is 0 Å². The minimum Gasteiger partial charge on any atom is -0.473 e. The van der Waals surface area contributed by atoms with Crippen molar-refractivity contribution < 1.29 is 40.9 Å². The van der Waals surface area contributed by atoms with Gasteiger partial charge in [0.1, 0.15) is 0 Å². The summed E-state index contributed by atoms with van der Waals surface area (Å²) in [7, 11) is 0. The van der Waals surface area contributed by atoms with E-state index >= 15 is 0 Å². The summed E-state index contributed by atoms with van der Waals surface area (Å²) in [5.74, 6) is -2.87. The maximum atomic E-state index is 9.10. The van der Waals surface area contributed by atoms with E-state index in [9.17, 15) is 0 Å². The Hall–Kier alpha value is -0.412. The van der Waals surface area contributed by atoms with E-state index in [4.69, 9.17) is 25.5 Å². The standard InChI is InChI=1S/C7H15N.C2H2O4.Pt/c1-6-4-2-3-5-7(6)8;3-1(4)2(5)6;/h6-7H,2-5,8H2,1H3;(H,3,4)(H,5,6);/t6-,7-;;/m1../s1. The molecule has 1 aliphatic rings. The fourth-order valence-electron chi connectivity index (χ4n) is 1.34. The van der Waals surface area contributed by atoms with Crippen LogP contribution in [0.25, 0.3) is 0 Å². The zero-order valence-electron chi connectivity index (χ0n) is 8.59. The largest absolute Gasteiger partial charge is 0.473 e. The second-order valence-electron chi connectivity index (χ2n) is 3.54. The van der Waals surface area contributed by atoms with Crippen LogP contribution in [-0.2, 0) is 30.7 Å². The van der Waals surface area contributed by atoms with Gasteiger partial charge in [-0.1, -0.05) is 19.8 Å². The fourth-order valence-corrected chi connectivity index (χ4v) is 1.34. The van der Waals surface area contributed by atoms with Gasteiger partial charge in [0.15, 0.2) is 0 Å². The molecule has 1 fully saturated rings. The topological polar surface area (TPSA) is 101 Å². The summed E-state index contributed by atoms with van der Waals surface area (Å²) in [6.07, 6.45) is 5.35. The maximum absolute atomic E-state index is 9.10. The Morgan fingerprint density at radius 3 is 1.73 bits per heavy atom. The zero-order valence-corrected chi connectivity index (χ0v) is 10.9. The molecule has 0 aromatic carbocycles. The molecular formula is C9H17NO4Pt. The van der Waals surface area contributed by atoms with Gasteiger partial charge in [0.05, 0.1) is 0 Å². The van der Waals surface area contributed by atoms with E-state index < -0.39 is 11.9 Å². The first-order valence-corrected chi connectivity index (χ1v) is 4.67. The number of aliphatic carboxylic acids is 2. The van der Waals surface area contributed by atoms with Gasteiger partial charge in [-0.15, -0.1) is 0 Å². The average Bonchev–Trinajstić information content (AvgIpc) is 2.11. The van der Waals surface area contributed by atoms with Crippen molar-refractivity contribution in [3.63, 3.8) is 0 Å². The van der Waals surface area contributed by atoms with E-state index in [0.717, 1.165) is 5.92 Å². The SMILES string of the molecule is C[C@@H]1CCCC[C@H]1N.O=C(O)C(=O)O.[Pt]. The molecule has 2 atom stereocenters. The first-order valence-electron chi connectivity index (χ1n) is 4.67. The molecule has 0 aromatic heterocycles. The van der Waals surface area contributed by atoms with Crippen molar-refractivity contribution in [2.75, 3.05) is 0 Å². The Bertz CT molecular complexity index is 188. The Kier molecular flexibility index (Phi) is 10.0. The van der Waals surface area contributed by atoms with Crippen molar-refractivity contribution in [3.8, 4) is 0 Å². The van der Waals surface area contributed by atoms with E-state index in [0.29, 0.717) is 6.04 Å². The van der Waals surface area contributed by atoms with Crippen LogP contribution in [0, 0.1) is 5.92 Å². The number of nitrogens with two attached hydrogens (primary N) is 1. The van der Waals surface area contributed by atoms with Crippen molar-refractivity contribution in [2.45, 2.75) is 38.6 Å². The van der Waals surface area contributed by atoms with Gasteiger partial charge in [0, 0.05) is 27.1 Å². The number of carbonyl (C=O) groups is 2. The number of rotatable bonds is 0. The van der Waals surface area contributed by atoms with E-state index in [1.807, 2.05) is 0 Å². The Labute approximate surface area is 103 Å². The fraction of sp³-hybridized carbons (Fsp3) is 0.778. The van der Waals surface area contributed by atoms with Gasteiger partial charge in [0.2, 0.25) is 0 Å². The molecule has 4 N–H and O–H groups in total. The summed E-state index contributed by atoms with van der Waals surface area (Å²) in [5.41, 5.74) is 5.78. The van der Waals surface area contributed by atoms with E-state index in [1.165, 1.54) is 25.7 Å². The Morgan fingerprint density at radius 1 is 1.13 bits per heavy atom. The Balaban J connectivity index is 0. The van der Waals surface area contributed by atoms with Crippen molar-refractivity contribution in [2.24, 2.45) is 11.7 Å². The molecule has 1 saturated carbocycles. The minimum atomic E-state index is -1.82. The number of carboxylic acids is 2. The molecule has 6 heteroatoms. The van der Waals surface area contributed by atoms with Crippen LogP contribution >= 0.6 is 0 Å². The summed E-state index contributed by atoms with van der Waals surface area (Å²) >= 11 is 0. The maximum Gasteiger partial charge on any atom is 0.414 e. The van der Waals surface area contributed by atoms with Gasteiger partial charge in [-0.05, 0) is 18.8 Å². The summed E-state index contributed by atoms with van der Waals surface area (Å²) in [6.45, 7) is 2.25. The molecule has 0 amide bonds. The molecule has 0 saturated heterocycles. The monoisotopic (exact) mass is 398 g/mol. The molecule has 0 heterocycles. The molecule has 0 unspecified atom stereocenters. The van der Waals surface area contributed by atoms with Crippen LogP contribution in [0.2, 0.25) is 0 Å². The third kappa shape index (κ3) is 8.57. The molecule has 92 valence electrons. The first kappa shape index (κ1) is 17.0. The Morgan fingerprint density at radius 2 is 1.53 bits per heavy atom. The van der Waals surface area contributed by atoms with Crippen LogP contribution in [0.5, 0.6) is 0 Å². The second kappa shape index (κ2) is 8.86. The van der Waals surface area contributed by atoms with Crippen molar-refractivity contribution >= 4 is 11.9 Å². The van der Waals surface area contributed by atoms with Crippen molar-refractivity contribution in [3.05, 3.63) is 0 Å². The minimum absolute atomic E-state index is 0. The third-order valence-corrected chi connectivity index (χ3v) is 2.36. The molecule has 0 aromatic rings. The predicted octanol–water partition coefficient (Wildman–Crippen LogP) is 0.677. The van der Waals surface area contributed by atoms with E-state index in [1.54, 1.807) is 0 Å². The molecule has 1 aliphatic carbocycles. The summed E-state index contributed by atoms with van der Waals surface area (Å²) in [6, 6.07) is 0.503. The van der Waals surface area contributed by atoms with Crippen LogP contribution in [0.3, 0.4) is 0 Å². The summed E-state index contributed by atoms with van der Waals surface area (Å²) in [4.78, 5) is 18.2. The summed E-state index contributed by atoms with van der Waals surface area (Å²) in [5, 5.41) is 14.8. The van der Waals surface area contributed by atoms with Crippen LogP contribution < -0.4 is 5.73 Å². The summed E-state index contributed by atoms with van der Waals surface area (Å²) < 4.78 is 0. The number of hydrogen-bond donors (Lipinski definition) is 3. The van der Waals surface area contributed by atoms with E-state index in [2.05, 4.69) is 6.92 Å².